The van der Waals surface area contributed by atoms with E-state index in [2.05, 4.69) is 29.6 Å². The zero-order valence-corrected chi connectivity index (χ0v) is 10.2. The third-order valence-corrected chi connectivity index (χ3v) is 3.70. The third-order valence-electron chi connectivity index (χ3n) is 3.70. The molecule has 0 bridgehead atoms. The molecule has 92 valence electrons. The predicted octanol–water partition coefficient (Wildman–Crippen LogP) is 2.48. The molecule has 2 aromatic carbocycles. The van der Waals surface area contributed by atoms with Crippen LogP contribution in [0.2, 0.25) is 0 Å². The van der Waals surface area contributed by atoms with E-state index < -0.39 is 0 Å². The minimum absolute atomic E-state index is 0.0383. The Morgan fingerprint density at radius 3 is 2.00 bits per heavy atom. The zero-order valence-electron chi connectivity index (χ0n) is 10.2. The molecule has 0 aromatic heterocycles. The summed E-state index contributed by atoms with van der Waals surface area (Å²) in [6.45, 7) is 0.824. The first-order valence-electron chi connectivity index (χ1n) is 6.37. The van der Waals surface area contributed by atoms with E-state index in [0.29, 0.717) is 0 Å². The number of hydrogen-bond donors (Lipinski definition) is 2. The Morgan fingerprint density at radius 2 is 1.39 bits per heavy atom. The maximum absolute atomic E-state index is 10.5. The minimum atomic E-state index is -0.366. The van der Waals surface area contributed by atoms with E-state index in [4.69, 9.17) is 0 Å². The summed E-state index contributed by atoms with van der Waals surface area (Å²) in [6.07, 6.45) is -0.366. The second-order valence-corrected chi connectivity index (χ2v) is 4.80. The van der Waals surface area contributed by atoms with Crippen LogP contribution in [-0.4, -0.2) is 17.8 Å². The van der Waals surface area contributed by atoms with Crippen molar-refractivity contribution >= 4 is 0 Å². The molecule has 0 spiro atoms. The van der Waals surface area contributed by atoms with Gasteiger partial charge in [-0.3, -0.25) is 0 Å². The van der Waals surface area contributed by atoms with Crippen LogP contribution < -0.4 is 5.32 Å². The lowest BCUT2D eigenvalue weighted by Gasteiger charge is -2.19. The van der Waals surface area contributed by atoms with Crippen molar-refractivity contribution in [2.75, 3.05) is 6.54 Å². The fourth-order valence-corrected chi connectivity index (χ4v) is 2.72. The smallest absolute Gasteiger partial charge is 0.0815 e. The van der Waals surface area contributed by atoms with Gasteiger partial charge in [0.1, 0.15) is 0 Å². The molecule has 3 rings (SSSR count). The summed E-state index contributed by atoms with van der Waals surface area (Å²) in [5.41, 5.74) is 2.36. The highest BCUT2D eigenvalue weighted by Gasteiger charge is 2.35. The molecule has 0 aliphatic carbocycles. The summed E-state index contributed by atoms with van der Waals surface area (Å²) in [4.78, 5) is 0. The summed E-state index contributed by atoms with van der Waals surface area (Å²) in [5.74, 6) is 0.177. The fraction of sp³-hybridized carbons (Fsp3) is 0.250. The molecule has 18 heavy (non-hydrogen) atoms. The van der Waals surface area contributed by atoms with E-state index in [1.54, 1.807) is 0 Å². The number of aliphatic hydroxyl groups is 1. The molecule has 2 N–H and O–H groups in total. The van der Waals surface area contributed by atoms with Gasteiger partial charge in [0.25, 0.3) is 0 Å². The van der Waals surface area contributed by atoms with E-state index >= 15 is 0 Å². The SMILES string of the molecule is O[C@H]1[C@@H](c2ccccc2)CN[C@H]1c1ccccc1. The number of nitrogens with one attached hydrogen (secondary N) is 1. The molecule has 0 amide bonds. The summed E-state index contributed by atoms with van der Waals surface area (Å²) < 4.78 is 0. The van der Waals surface area contributed by atoms with Crippen molar-refractivity contribution in [3.8, 4) is 0 Å². The van der Waals surface area contributed by atoms with Crippen LogP contribution in [0.15, 0.2) is 60.7 Å². The van der Waals surface area contributed by atoms with Crippen molar-refractivity contribution in [2.45, 2.75) is 18.1 Å². The molecule has 2 nitrogen and oxygen atoms in total. The monoisotopic (exact) mass is 239 g/mol. The van der Waals surface area contributed by atoms with Gasteiger partial charge in [0.15, 0.2) is 0 Å². The van der Waals surface area contributed by atoms with E-state index in [0.717, 1.165) is 12.1 Å². The van der Waals surface area contributed by atoms with Gasteiger partial charge in [0.05, 0.1) is 12.1 Å². The number of aliphatic hydroxyl groups excluding tert-OH is 1. The third kappa shape index (κ3) is 2.05. The van der Waals surface area contributed by atoms with Crippen molar-refractivity contribution in [2.24, 2.45) is 0 Å². The van der Waals surface area contributed by atoms with Crippen LogP contribution in [0, 0.1) is 0 Å². The molecule has 2 aromatic rings. The Morgan fingerprint density at radius 1 is 0.833 bits per heavy atom. The molecule has 0 saturated carbocycles. The van der Waals surface area contributed by atoms with Crippen molar-refractivity contribution in [1.29, 1.82) is 0 Å². The highest BCUT2D eigenvalue weighted by atomic mass is 16.3. The predicted molar refractivity (Wildman–Crippen MR) is 72.4 cm³/mol. The Hall–Kier alpha value is -1.64. The summed E-state index contributed by atoms with van der Waals surface area (Å²) >= 11 is 0. The Bertz CT molecular complexity index is 450. The Labute approximate surface area is 107 Å². The molecule has 2 heteroatoms. The van der Waals surface area contributed by atoms with Gasteiger partial charge in [-0.25, -0.2) is 0 Å². The first-order chi connectivity index (χ1) is 8.86. The quantitative estimate of drug-likeness (QED) is 0.844. The molecule has 0 unspecified atom stereocenters. The second kappa shape index (κ2) is 4.92. The van der Waals surface area contributed by atoms with Crippen LogP contribution in [0.5, 0.6) is 0 Å². The van der Waals surface area contributed by atoms with Gasteiger partial charge in [-0.1, -0.05) is 60.7 Å². The normalized spacial score (nSPS) is 27.3. The van der Waals surface area contributed by atoms with E-state index in [9.17, 15) is 5.11 Å². The van der Waals surface area contributed by atoms with Crippen molar-refractivity contribution < 1.29 is 5.11 Å². The first kappa shape index (κ1) is 11.5. The Kier molecular flexibility index (Phi) is 3.13. The van der Waals surface area contributed by atoms with E-state index in [-0.39, 0.29) is 18.1 Å². The summed E-state index contributed by atoms with van der Waals surface area (Å²) in [6, 6.07) is 20.4. The van der Waals surface area contributed by atoms with Gasteiger partial charge in [-0.05, 0) is 11.1 Å². The van der Waals surface area contributed by atoms with E-state index in [1.807, 2.05) is 36.4 Å². The maximum Gasteiger partial charge on any atom is 0.0815 e. The average Bonchev–Trinajstić information content (AvgIpc) is 2.83. The topological polar surface area (TPSA) is 32.3 Å². The molecule has 1 aliphatic rings. The molecule has 1 aliphatic heterocycles. The van der Waals surface area contributed by atoms with Gasteiger partial charge in [-0.15, -0.1) is 0 Å². The average molecular weight is 239 g/mol. The van der Waals surface area contributed by atoms with Crippen LogP contribution >= 0.6 is 0 Å². The van der Waals surface area contributed by atoms with Crippen LogP contribution in [0.4, 0.5) is 0 Å². The lowest BCUT2D eigenvalue weighted by Crippen LogP contribution is -2.22. The minimum Gasteiger partial charge on any atom is -0.390 e. The van der Waals surface area contributed by atoms with Gasteiger partial charge >= 0.3 is 0 Å². The summed E-state index contributed by atoms with van der Waals surface area (Å²) in [7, 11) is 0. The van der Waals surface area contributed by atoms with Gasteiger partial charge in [0.2, 0.25) is 0 Å². The molecular weight excluding hydrogens is 222 g/mol. The van der Waals surface area contributed by atoms with Crippen molar-refractivity contribution in [3.63, 3.8) is 0 Å². The number of hydrogen-bond acceptors (Lipinski definition) is 2. The zero-order chi connectivity index (χ0) is 12.4. The van der Waals surface area contributed by atoms with E-state index in [1.165, 1.54) is 5.56 Å². The van der Waals surface area contributed by atoms with Gasteiger partial charge in [0, 0.05) is 12.5 Å². The molecule has 1 heterocycles. The summed E-state index contributed by atoms with van der Waals surface area (Å²) in [5, 5.41) is 13.9. The van der Waals surface area contributed by atoms with Crippen LogP contribution in [0.1, 0.15) is 23.1 Å². The number of rotatable bonds is 2. The first-order valence-corrected chi connectivity index (χ1v) is 6.37. The van der Waals surface area contributed by atoms with Crippen LogP contribution in [0.3, 0.4) is 0 Å². The maximum atomic E-state index is 10.5. The Balaban J connectivity index is 1.83. The van der Waals surface area contributed by atoms with Gasteiger partial charge < -0.3 is 10.4 Å². The molecule has 3 atom stereocenters. The number of benzene rings is 2. The molecule has 1 fully saturated rings. The molecule has 1 saturated heterocycles. The molecular formula is C16H17NO. The fourth-order valence-electron chi connectivity index (χ4n) is 2.72. The highest BCUT2D eigenvalue weighted by molar-refractivity contribution is 5.28. The highest BCUT2D eigenvalue weighted by Crippen LogP contribution is 2.33. The molecule has 0 radical (unpaired) electrons. The largest absolute Gasteiger partial charge is 0.390 e. The van der Waals surface area contributed by atoms with Crippen LogP contribution in [-0.2, 0) is 0 Å². The lowest BCUT2D eigenvalue weighted by molar-refractivity contribution is 0.144. The van der Waals surface area contributed by atoms with Crippen molar-refractivity contribution in [1.82, 2.24) is 5.32 Å². The lowest BCUT2D eigenvalue weighted by atomic mass is 9.91. The standard InChI is InChI=1S/C16H17NO/c18-16-14(12-7-3-1-4-8-12)11-17-15(16)13-9-5-2-6-10-13/h1-10,14-18H,11H2/t14-,15+,16+/m1/s1. The van der Waals surface area contributed by atoms with Gasteiger partial charge in [-0.2, -0.15) is 0 Å². The van der Waals surface area contributed by atoms with Crippen LogP contribution in [0.25, 0.3) is 0 Å². The van der Waals surface area contributed by atoms with Crippen molar-refractivity contribution in [3.05, 3.63) is 71.8 Å². The second-order valence-electron chi connectivity index (χ2n) is 4.80.